The first-order valence-electron chi connectivity index (χ1n) is 10.2. The molecule has 31 heavy (non-hydrogen) atoms. The average Bonchev–Trinajstić information content (AvgIpc) is 3.14. The van der Waals surface area contributed by atoms with Crippen LogP contribution in [-0.4, -0.2) is 21.4 Å². The van der Waals surface area contributed by atoms with Crippen LogP contribution in [0.25, 0.3) is 11.0 Å². The van der Waals surface area contributed by atoms with Crippen LogP contribution in [0.1, 0.15) is 56.2 Å². The van der Waals surface area contributed by atoms with Crippen molar-refractivity contribution in [2.75, 3.05) is 11.4 Å². The quantitative estimate of drug-likeness (QED) is 0.453. The summed E-state index contributed by atoms with van der Waals surface area (Å²) in [5.74, 6) is 0.379. The topological polar surface area (TPSA) is 101 Å². The Bertz CT molecular complexity index is 1260. The third kappa shape index (κ3) is 3.87. The number of nitrogens with zero attached hydrogens (tertiary/aromatic N) is 7. The summed E-state index contributed by atoms with van der Waals surface area (Å²) in [6.07, 6.45) is 3.01. The summed E-state index contributed by atoms with van der Waals surface area (Å²) in [6.45, 7) is 9.47. The number of azo groups is 1. The average molecular weight is 430 g/mol. The predicted molar refractivity (Wildman–Crippen MR) is 122 cm³/mol. The summed E-state index contributed by atoms with van der Waals surface area (Å²) in [5.41, 5.74) is 5.30. The molecule has 0 radical (unpaired) electrons. The zero-order valence-electron chi connectivity index (χ0n) is 18.0. The van der Waals surface area contributed by atoms with Gasteiger partial charge in [-0.25, -0.2) is 4.98 Å². The number of rotatable bonds is 4. The van der Waals surface area contributed by atoms with Crippen molar-refractivity contribution >= 4 is 38.9 Å². The molecule has 8 heteroatoms. The van der Waals surface area contributed by atoms with Crippen LogP contribution in [0.3, 0.4) is 0 Å². The molecule has 0 bridgehead atoms. The third-order valence-electron chi connectivity index (χ3n) is 5.84. The van der Waals surface area contributed by atoms with Gasteiger partial charge in [0.1, 0.15) is 6.07 Å². The van der Waals surface area contributed by atoms with E-state index in [9.17, 15) is 0 Å². The van der Waals surface area contributed by atoms with E-state index in [4.69, 9.17) is 10.5 Å². The molecule has 1 unspecified atom stereocenters. The van der Waals surface area contributed by atoms with Crippen LogP contribution < -0.4 is 4.90 Å². The highest BCUT2D eigenvalue weighted by molar-refractivity contribution is 7.11. The van der Waals surface area contributed by atoms with E-state index in [1.165, 1.54) is 29.0 Å². The Labute approximate surface area is 185 Å². The number of fused-ring (bicyclic) bond motifs is 2. The summed E-state index contributed by atoms with van der Waals surface area (Å²) in [4.78, 5) is 6.56. The molecule has 1 aromatic carbocycles. The highest BCUT2D eigenvalue weighted by atomic mass is 32.1. The number of benzene rings is 1. The maximum absolute atomic E-state index is 9.14. The van der Waals surface area contributed by atoms with E-state index < -0.39 is 0 Å². The van der Waals surface area contributed by atoms with Gasteiger partial charge in [-0.2, -0.15) is 14.9 Å². The number of hydrogen-bond donors (Lipinski definition) is 0. The molecule has 156 valence electrons. The molecule has 0 aliphatic carbocycles. The lowest BCUT2D eigenvalue weighted by Crippen LogP contribution is -2.48. The maximum atomic E-state index is 9.14. The van der Waals surface area contributed by atoms with Crippen LogP contribution in [0, 0.1) is 29.6 Å². The van der Waals surface area contributed by atoms with Crippen molar-refractivity contribution in [1.29, 1.82) is 10.5 Å². The molecule has 0 N–H and O–H groups in total. The fourth-order valence-electron chi connectivity index (χ4n) is 4.37. The Balaban J connectivity index is 1.73. The second-order valence-corrected chi connectivity index (χ2v) is 9.32. The van der Waals surface area contributed by atoms with Gasteiger partial charge in [-0.1, -0.05) is 6.92 Å². The molecule has 4 rings (SSSR count). The van der Waals surface area contributed by atoms with E-state index in [1.807, 2.05) is 6.92 Å². The SMILES string of the molecule is Cc1cc2c(cc1N=Nc1snc3ncc(C#N)cc13)C(C)CC(C)(C)N2CCC#N. The van der Waals surface area contributed by atoms with Gasteiger partial charge in [0.15, 0.2) is 10.6 Å². The van der Waals surface area contributed by atoms with Crippen molar-refractivity contribution in [2.45, 2.75) is 52.0 Å². The second kappa shape index (κ2) is 8.05. The van der Waals surface area contributed by atoms with E-state index in [2.05, 4.69) is 69.5 Å². The van der Waals surface area contributed by atoms with Gasteiger partial charge in [0.05, 0.1) is 29.1 Å². The number of nitriles is 2. The van der Waals surface area contributed by atoms with Gasteiger partial charge in [0.25, 0.3) is 0 Å². The van der Waals surface area contributed by atoms with Gasteiger partial charge >= 0.3 is 0 Å². The number of pyridine rings is 1. The molecule has 1 aliphatic heterocycles. The van der Waals surface area contributed by atoms with Crippen LogP contribution >= 0.6 is 11.5 Å². The Hall–Kier alpha value is -3.36. The van der Waals surface area contributed by atoms with Crippen molar-refractivity contribution in [3.63, 3.8) is 0 Å². The first-order chi connectivity index (χ1) is 14.8. The van der Waals surface area contributed by atoms with Gasteiger partial charge in [-0.05, 0) is 74.0 Å². The first kappa shape index (κ1) is 20.9. The minimum absolute atomic E-state index is 0.00819. The molecule has 1 aliphatic rings. The standard InChI is InChI=1S/C23H23N7S/c1-14-8-20-17(15(2)11-23(3,4)30(20)7-5-6-24)10-19(14)27-28-22-18-9-16(12-25)13-26-21(18)29-31-22/h8-10,13,15H,5,7,11H2,1-4H3. The largest absolute Gasteiger partial charge is 0.365 e. The number of hydrogen-bond acceptors (Lipinski definition) is 8. The third-order valence-corrected chi connectivity index (χ3v) is 6.58. The highest BCUT2D eigenvalue weighted by Gasteiger charge is 2.36. The molecule has 3 heterocycles. The van der Waals surface area contributed by atoms with Gasteiger partial charge in [-0.3, -0.25) is 0 Å². The summed E-state index contributed by atoms with van der Waals surface area (Å²) in [5, 5.41) is 28.6. The zero-order valence-corrected chi connectivity index (χ0v) is 18.9. The monoisotopic (exact) mass is 429 g/mol. The van der Waals surface area contributed by atoms with Gasteiger partial charge in [0.2, 0.25) is 0 Å². The van der Waals surface area contributed by atoms with Crippen LogP contribution in [-0.2, 0) is 0 Å². The number of aromatic nitrogens is 2. The Morgan fingerprint density at radius 3 is 2.81 bits per heavy atom. The van der Waals surface area contributed by atoms with Gasteiger partial charge < -0.3 is 4.90 Å². The zero-order chi connectivity index (χ0) is 22.2. The van der Waals surface area contributed by atoms with Crippen molar-refractivity contribution in [2.24, 2.45) is 10.2 Å². The molecular weight excluding hydrogens is 406 g/mol. The van der Waals surface area contributed by atoms with Crippen molar-refractivity contribution in [1.82, 2.24) is 9.36 Å². The molecule has 3 aromatic rings. The molecule has 0 saturated heterocycles. The molecule has 1 atom stereocenters. The smallest absolute Gasteiger partial charge is 0.175 e. The van der Waals surface area contributed by atoms with Crippen LogP contribution in [0.5, 0.6) is 0 Å². The van der Waals surface area contributed by atoms with Crippen molar-refractivity contribution < 1.29 is 0 Å². The lowest BCUT2D eigenvalue weighted by molar-refractivity contribution is 0.378. The molecular formula is C23H23N7S. The van der Waals surface area contributed by atoms with E-state index in [0.717, 1.165) is 23.1 Å². The van der Waals surface area contributed by atoms with E-state index in [-0.39, 0.29) is 5.54 Å². The highest BCUT2D eigenvalue weighted by Crippen LogP contribution is 2.46. The summed E-state index contributed by atoms with van der Waals surface area (Å²) < 4.78 is 4.30. The minimum Gasteiger partial charge on any atom is -0.365 e. The second-order valence-electron chi connectivity index (χ2n) is 8.57. The number of aryl methyl sites for hydroxylation is 1. The van der Waals surface area contributed by atoms with Crippen molar-refractivity contribution in [3.8, 4) is 12.1 Å². The Morgan fingerprint density at radius 1 is 1.26 bits per heavy atom. The number of anilines is 1. The molecule has 2 aromatic heterocycles. The van der Waals surface area contributed by atoms with Crippen LogP contribution in [0.2, 0.25) is 0 Å². The molecule has 0 fully saturated rings. The van der Waals surface area contributed by atoms with Crippen LogP contribution in [0.15, 0.2) is 34.6 Å². The molecule has 7 nitrogen and oxygen atoms in total. The Kier molecular flexibility index (Phi) is 5.43. The Morgan fingerprint density at radius 2 is 2.06 bits per heavy atom. The van der Waals surface area contributed by atoms with Crippen molar-refractivity contribution in [3.05, 3.63) is 41.1 Å². The molecule has 0 amide bonds. The summed E-state index contributed by atoms with van der Waals surface area (Å²) in [7, 11) is 0. The predicted octanol–water partition coefficient (Wildman–Crippen LogP) is 6.29. The normalized spacial score (nSPS) is 17.5. The van der Waals surface area contributed by atoms with Gasteiger partial charge in [0, 0.05) is 24.0 Å². The summed E-state index contributed by atoms with van der Waals surface area (Å²) in [6, 6.07) is 10.4. The van der Waals surface area contributed by atoms with Crippen LogP contribution in [0.4, 0.5) is 16.4 Å². The molecule has 0 saturated carbocycles. The first-order valence-corrected chi connectivity index (χ1v) is 11.0. The maximum Gasteiger partial charge on any atom is 0.175 e. The lowest BCUT2D eigenvalue weighted by Gasteiger charge is -2.47. The minimum atomic E-state index is -0.00819. The molecule has 0 spiro atoms. The lowest BCUT2D eigenvalue weighted by atomic mass is 9.79. The van der Waals surface area contributed by atoms with Gasteiger partial charge in [-0.15, -0.1) is 10.2 Å². The summed E-state index contributed by atoms with van der Waals surface area (Å²) >= 11 is 1.22. The van der Waals surface area contributed by atoms with E-state index in [0.29, 0.717) is 35.1 Å². The fraction of sp³-hybridized carbons (Fsp3) is 0.391. The fourth-order valence-corrected chi connectivity index (χ4v) is 5.01. The van der Waals surface area contributed by atoms with E-state index >= 15 is 0 Å². The van der Waals surface area contributed by atoms with E-state index in [1.54, 1.807) is 6.07 Å².